The highest BCUT2D eigenvalue weighted by Gasteiger charge is 2.39. The molecule has 2 aromatic heterocycles. The maximum atomic E-state index is 13.5. The van der Waals surface area contributed by atoms with E-state index < -0.39 is 15.9 Å². The van der Waals surface area contributed by atoms with Gasteiger partial charge in [-0.2, -0.15) is 0 Å². The number of nitrogens with two attached hydrogens (primary N) is 1. The fourth-order valence-corrected chi connectivity index (χ4v) is 5.91. The highest BCUT2D eigenvalue weighted by Crippen LogP contribution is 2.39. The minimum Gasteiger partial charge on any atom is -0.493 e. The number of benzene rings is 1. The van der Waals surface area contributed by atoms with Crippen molar-refractivity contribution in [3.05, 3.63) is 60.3 Å². The lowest BCUT2D eigenvalue weighted by Gasteiger charge is -2.34. The highest BCUT2D eigenvalue weighted by molar-refractivity contribution is 7.90. The Bertz CT molecular complexity index is 1440. The summed E-state index contributed by atoms with van der Waals surface area (Å²) < 4.78 is 34.2. The minimum atomic E-state index is -4.26. The summed E-state index contributed by atoms with van der Waals surface area (Å²) >= 11 is 0. The number of pyridine rings is 2. The van der Waals surface area contributed by atoms with Gasteiger partial charge in [-0.25, -0.2) is 23.1 Å². The largest absolute Gasteiger partial charge is 0.493 e. The summed E-state index contributed by atoms with van der Waals surface area (Å²) in [6.45, 7) is 11.7. The first-order valence-electron chi connectivity index (χ1n) is 12.7. The lowest BCUT2D eigenvalue weighted by atomic mass is 9.97. The van der Waals surface area contributed by atoms with E-state index in [9.17, 15) is 13.2 Å². The van der Waals surface area contributed by atoms with Crippen LogP contribution in [0.2, 0.25) is 0 Å². The van der Waals surface area contributed by atoms with E-state index in [-0.39, 0.29) is 21.8 Å². The maximum absolute atomic E-state index is 13.5. The van der Waals surface area contributed by atoms with Crippen molar-refractivity contribution in [3.8, 4) is 17.0 Å². The number of nitrogens with zero attached hydrogens (tertiary/aromatic N) is 3. The summed E-state index contributed by atoms with van der Waals surface area (Å²) in [7, 11) is -4.26. The summed E-state index contributed by atoms with van der Waals surface area (Å²) in [5.41, 5.74) is 7.06. The summed E-state index contributed by atoms with van der Waals surface area (Å²) in [6, 6.07) is 13.7. The van der Waals surface area contributed by atoms with E-state index in [2.05, 4.69) is 49.2 Å². The number of ether oxygens (including phenoxy) is 1. The number of anilines is 2. The normalized spacial score (nSPS) is 17.0. The fraction of sp³-hybridized carbons (Fsp3) is 0.393. The fourth-order valence-electron chi connectivity index (χ4n) is 4.86. The van der Waals surface area contributed by atoms with Crippen LogP contribution in [0.25, 0.3) is 11.3 Å². The highest BCUT2D eigenvalue weighted by atomic mass is 32.2. The first-order chi connectivity index (χ1) is 17.9. The number of aromatic nitrogens is 2. The Hall–Kier alpha value is -3.66. The number of carbonyl (C=O) groups is 1. The summed E-state index contributed by atoms with van der Waals surface area (Å²) in [6.07, 6.45) is 2.29. The summed E-state index contributed by atoms with van der Waals surface area (Å²) in [4.78, 5) is 24.1. The zero-order chi connectivity index (χ0) is 27.7. The molecule has 3 N–H and O–H groups in total. The quantitative estimate of drug-likeness (QED) is 0.430. The lowest BCUT2D eigenvalue weighted by Crippen LogP contribution is -2.41. The lowest BCUT2D eigenvalue weighted by molar-refractivity contribution is 0.0981. The molecule has 1 atom stereocenters. The van der Waals surface area contributed by atoms with E-state index >= 15 is 0 Å². The van der Waals surface area contributed by atoms with Crippen LogP contribution in [-0.4, -0.2) is 43.0 Å². The van der Waals surface area contributed by atoms with Gasteiger partial charge in [-0.05, 0) is 68.5 Å². The smallest absolute Gasteiger partial charge is 0.268 e. The van der Waals surface area contributed by atoms with Crippen LogP contribution >= 0.6 is 0 Å². The Morgan fingerprint density at radius 3 is 2.58 bits per heavy atom. The van der Waals surface area contributed by atoms with Crippen molar-refractivity contribution in [1.29, 1.82) is 0 Å². The number of hydrogen-bond donors (Lipinski definition) is 2. The second-order valence-corrected chi connectivity index (χ2v) is 12.5. The second kappa shape index (κ2) is 10.6. The number of hydrogen-bond acceptors (Lipinski definition) is 8. The molecule has 9 nitrogen and oxygen atoms in total. The Morgan fingerprint density at radius 1 is 1.18 bits per heavy atom. The molecule has 38 heavy (non-hydrogen) atoms. The minimum absolute atomic E-state index is 0.155. The third kappa shape index (κ3) is 5.75. The predicted octanol–water partition coefficient (Wildman–Crippen LogP) is 4.50. The molecule has 3 aromatic rings. The van der Waals surface area contributed by atoms with Crippen molar-refractivity contribution in [3.63, 3.8) is 0 Å². The molecular formula is C28H35N5O4S. The molecule has 3 heterocycles. The first-order valence-corrected chi connectivity index (χ1v) is 14.2. The molecule has 1 aliphatic heterocycles. The number of rotatable bonds is 8. The molecule has 1 amide bonds. The van der Waals surface area contributed by atoms with Crippen molar-refractivity contribution in [1.82, 2.24) is 14.7 Å². The van der Waals surface area contributed by atoms with Gasteiger partial charge in [0.05, 0.1) is 17.9 Å². The van der Waals surface area contributed by atoms with Gasteiger partial charge in [-0.3, -0.25) is 4.79 Å². The maximum Gasteiger partial charge on any atom is 0.268 e. The third-order valence-electron chi connectivity index (χ3n) is 6.50. The summed E-state index contributed by atoms with van der Waals surface area (Å²) in [5.74, 6) is 0.853. The number of sulfonamides is 1. The van der Waals surface area contributed by atoms with Gasteiger partial charge in [0.2, 0.25) is 0 Å². The van der Waals surface area contributed by atoms with Gasteiger partial charge in [0, 0.05) is 23.8 Å². The van der Waals surface area contributed by atoms with Gasteiger partial charge in [0.25, 0.3) is 15.9 Å². The van der Waals surface area contributed by atoms with E-state index in [1.54, 1.807) is 12.1 Å². The van der Waals surface area contributed by atoms with Crippen LogP contribution in [0.1, 0.15) is 51.4 Å². The molecule has 1 saturated heterocycles. The van der Waals surface area contributed by atoms with E-state index in [4.69, 9.17) is 15.5 Å². The SMILES string of the molecule is CC(C)COc1ccccc1-c1ccc(C(=O)NS(=O)(=O)c2cccnc2N)c(N2C[C@@H](C)CC2(C)C)n1. The number of nitrogens with one attached hydrogen (secondary N) is 1. The van der Waals surface area contributed by atoms with Gasteiger partial charge in [0.1, 0.15) is 22.3 Å². The van der Waals surface area contributed by atoms with E-state index in [0.717, 1.165) is 12.0 Å². The van der Waals surface area contributed by atoms with Gasteiger partial charge >= 0.3 is 0 Å². The molecule has 0 spiro atoms. The van der Waals surface area contributed by atoms with Crippen molar-refractivity contribution in [2.24, 2.45) is 11.8 Å². The summed E-state index contributed by atoms with van der Waals surface area (Å²) in [5, 5.41) is 0. The van der Waals surface area contributed by atoms with Gasteiger partial charge in [-0.15, -0.1) is 0 Å². The molecule has 4 rings (SSSR count). The molecule has 202 valence electrons. The molecule has 0 bridgehead atoms. The van der Waals surface area contributed by atoms with Crippen molar-refractivity contribution >= 4 is 27.6 Å². The average Bonchev–Trinajstić information content (AvgIpc) is 3.13. The Kier molecular flexibility index (Phi) is 7.64. The molecular weight excluding hydrogens is 502 g/mol. The van der Waals surface area contributed by atoms with Crippen LogP contribution < -0.4 is 20.1 Å². The molecule has 1 aliphatic rings. The van der Waals surface area contributed by atoms with Crippen LogP contribution in [0.3, 0.4) is 0 Å². The Labute approximate surface area is 224 Å². The average molecular weight is 538 g/mol. The zero-order valence-electron chi connectivity index (χ0n) is 22.4. The number of amides is 1. The Balaban J connectivity index is 1.78. The van der Waals surface area contributed by atoms with Crippen molar-refractivity contribution < 1.29 is 17.9 Å². The topological polar surface area (TPSA) is 128 Å². The van der Waals surface area contributed by atoms with E-state index in [1.165, 1.54) is 18.3 Å². The van der Waals surface area contributed by atoms with E-state index in [0.29, 0.717) is 42.2 Å². The molecule has 1 aromatic carbocycles. The molecule has 0 aliphatic carbocycles. The van der Waals surface area contributed by atoms with Gasteiger partial charge in [0.15, 0.2) is 0 Å². The number of carbonyl (C=O) groups excluding carboxylic acids is 1. The van der Waals surface area contributed by atoms with Crippen molar-refractivity contribution in [2.75, 3.05) is 23.8 Å². The van der Waals surface area contributed by atoms with Gasteiger partial charge in [-0.1, -0.05) is 32.9 Å². The molecule has 10 heteroatoms. The number of para-hydroxylation sites is 1. The second-order valence-electron chi connectivity index (χ2n) is 10.8. The zero-order valence-corrected chi connectivity index (χ0v) is 23.2. The molecule has 0 radical (unpaired) electrons. The van der Waals surface area contributed by atoms with Crippen LogP contribution in [0.15, 0.2) is 59.6 Å². The third-order valence-corrected chi connectivity index (χ3v) is 7.88. The van der Waals surface area contributed by atoms with Crippen molar-refractivity contribution in [2.45, 2.75) is 51.5 Å². The Morgan fingerprint density at radius 2 is 1.92 bits per heavy atom. The predicted molar refractivity (Wildman–Crippen MR) is 149 cm³/mol. The first kappa shape index (κ1) is 27.4. The molecule has 0 saturated carbocycles. The van der Waals surface area contributed by atoms with Crippen LogP contribution in [-0.2, 0) is 10.0 Å². The van der Waals surface area contributed by atoms with Gasteiger partial charge < -0.3 is 15.4 Å². The van der Waals surface area contributed by atoms with Crippen LogP contribution in [0.5, 0.6) is 5.75 Å². The molecule has 0 unspecified atom stereocenters. The van der Waals surface area contributed by atoms with E-state index in [1.807, 2.05) is 24.3 Å². The van der Waals surface area contributed by atoms with Crippen LogP contribution in [0.4, 0.5) is 11.6 Å². The monoisotopic (exact) mass is 537 g/mol. The molecule has 1 fully saturated rings. The van der Waals surface area contributed by atoms with Crippen LogP contribution in [0, 0.1) is 11.8 Å². The number of nitrogen functional groups attached to an aromatic ring is 1. The standard InChI is InChI=1S/C28H35N5O4S/c1-18(2)17-37-23-10-7-6-9-20(23)22-13-12-21(26(31-22)33-16-19(3)15-28(33,4)5)27(34)32-38(35,36)24-11-8-14-30-25(24)29/h6-14,18-19H,15-17H2,1-5H3,(H2,29,30)(H,32,34)/t19-/m0/s1.